The van der Waals surface area contributed by atoms with E-state index in [-0.39, 0.29) is 14.4 Å². The van der Waals surface area contributed by atoms with E-state index in [4.69, 9.17) is 11.6 Å². The average Bonchev–Trinajstić information content (AvgIpc) is 2.71. The van der Waals surface area contributed by atoms with Crippen LogP contribution in [0.3, 0.4) is 0 Å². The van der Waals surface area contributed by atoms with Gasteiger partial charge in [-0.25, -0.2) is 17.8 Å². The highest BCUT2D eigenvalue weighted by molar-refractivity contribution is 7.94. The van der Waals surface area contributed by atoms with Crippen LogP contribution in [-0.4, -0.2) is 13.4 Å². The smallest absolute Gasteiger partial charge is 0.273 e. The second-order valence-corrected chi connectivity index (χ2v) is 7.02. The Hall–Kier alpha value is -1.18. The Labute approximate surface area is 112 Å². The maximum atomic E-state index is 13.1. The van der Waals surface area contributed by atoms with E-state index in [0.29, 0.717) is 5.56 Å². The summed E-state index contributed by atoms with van der Waals surface area (Å²) in [6.07, 6.45) is 1.16. The van der Waals surface area contributed by atoms with Gasteiger partial charge in [0.05, 0.1) is 11.9 Å². The lowest BCUT2D eigenvalue weighted by Crippen LogP contribution is -2.12. The normalized spacial score (nSPS) is 11.5. The minimum Gasteiger partial charge on any atom is -0.279 e. The summed E-state index contributed by atoms with van der Waals surface area (Å²) in [7, 11) is -3.78. The predicted octanol–water partition coefficient (Wildman–Crippen LogP) is 3.04. The summed E-state index contributed by atoms with van der Waals surface area (Å²) in [6, 6.07) is 3.87. The number of hydrogen-bond acceptors (Lipinski definition) is 4. The van der Waals surface area contributed by atoms with E-state index in [2.05, 4.69) is 9.71 Å². The van der Waals surface area contributed by atoms with Crippen molar-refractivity contribution in [2.24, 2.45) is 0 Å². The number of halogens is 2. The topological polar surface area (TPSA) is 59.1 Å². The highest BCUT2D eigenvalue weighted by atomic mass is 35.5. The lowest BCUT2D eigenvalue weighted by atomic mass is 10.2. The summed E-state index contributed by atoms with van der Waals surface area (Å²) in [5.74, 6) is -0.513. The van der Waals surface area contributed by atoms with Gasteiger partial charge in [0.25, 0.3) is 10.0 Å². The first-order valence-electron chi connectivity index (χ1n) is 4.79. The van der Waals surface area contributed by atoms with Crippen molar-refractivity contribution < 1.29 is 12.8 Å². The molecule has 0 bridgehead atoms. The van der Waals surface area contributed by atoms with Crippen molar-refractivity contribution in [1.82, 2.24) is 4.98 Å². The van der Waals surface area contributed by atoms with Crippen LogP contribution in [-0.2, 0) is 10.0 Å². The molecule has 96 valence electrons. The zero-order valence-corrected chi connectivity index (χ0v) is 11.5. The number of nitrogens with one attached hydrogen (secondary N) is 1. The molecular formula is C10H8ClFN2O2S2. The van der Waals surface area contributed by atoms with Crippen molar-refractivity contribution in [3.8, 4) is 0 Å². The third-order valence-electron chi connectivity index (χ3n) is 2.17. The van der Waals surface area contributed by atoms with Gasteiger partial charge in [-0.2, -0.15) is 0 Å². The Morgan fingerprint density at radius 3 is 2.78 bits per heavy atom. The van der Waals surface area contributed by atoms with Crippen LogP contribution < -0.4 is 4.72 Å². The SMILES string of the molecule is Cc1ccc(F)cc1NS(=O)(=O)c1cnc(Cl)s1. The maximum Gasteiger partial charge on any atom is 0.273 e. The van der Waals surface area contributed by atoms with Gasteiger partial charge in [0.1, 0.15) is 5.82 Å². The fourth-order valence-electron chi connectivity index (χ4n) is 1.26. The standard InChI is InChI=1S/C10H8ClFN2O2S2/c1-6-2-3-7(12)4-8(6)14-18(15,16)9-5-13-10(11)17-9/h2-5,14H,1H3. The second kappa shape index (κ2) is 4.83. The minimum atomic E-state index is -3.78. The van der Waals surface area contributed by atoms with Crippen LogP contribution in [0.4, 0.5) is 10.1 Å². The first-order valence-corrected chi connectivity index (χ1v) is 7.46. The van der Waals surface area contributed by atoms with Gasteiger partial charge in [0.2, 0.25) is 0 Å². The quantitative estimate of drug-likeness (QED) is 0.948. The molecule has 0 aliphatic heterocycles. The number of sulfonamides is 1. The van der Waals surface area contributed by atoms with E-state index in [9.17, 15) is 12.8 Å². The molecule has 0 saturated carbocycles. The fourth-order valence-corrected chi connectivity index (χ4v) is 3.68. The Kier molecular flexibility index (Phi) is 3.56. The molecule has 0 amide bonds. The number of thiazole rings is 1. The molecule has 0 radical (unpaired) electrons. The average molecular weight is 307 g/mol. The Morgan fingerprint density at radius 2 is 2.17 bits per heavy atom. The van der Waals surface area contributed by atoms with Gasteiger partial charge >= 0.3 is 0 Å². The molecule has 0 saturated heterocycles. The van der Waals surface area contributed by atoms with E-state index >= 15 is 0 Å². The molecule has 18 heavy (non-hydrogen) atoms. The monoisotopic (exact) mass is 306 g/mol. The largest absolute Gasteiger partial charge is 0.279 e. The minimum absolute atomic E-state index is 0.0174. The molecule has 0 unspecified atom stereocenters. The Balaban J connectivity index is 2.36. The molecule has 1 heterocycles. The highest BCUT2D eigenvalue weighted by Crippen LogP contribution is 2.26. The summed E-state index contributed by atoms with van der Waals surface area (Å²) in [4.78, 5) is 3.66. The molecule has 0 atom stereocenters. The van der Waals surface area contributed by atoms with Crippen LogP contribution in [0, 0.1) is 12.7 Å². The third-order valence-corrected chi connectivity index (χ3v) is 5.11. The van der Waals surface area contributed by atoms with Crippen LogP contribution >= 0.6 is 22.9 Å². The number of aromatic nitrogens is 1. The third kappa shape index (κ3) is 2.80. The molecule has 0 aliphatic carbocycles. The molecule has 8 heteroatoms. The molecule has 1 aromatic carbocycles. The molecular weight excluding hydrogens is 299 g/mol. The van der Waals surface area contributed by atoms with Gasteiger partial charge < -0.3 is 0 Å². The lowest BCUT2D eigenvalue weighted by Gasteiger charge is -2.08. The molecule has 4 nitrogen and oxygen atoms in total. The lowest BCUT2D eigenvalue weighted by molar-refractivity contribution is 0.602. The van der Waals surface area contributed by atoms with E-state index in [0.717, 1.165) is 23.6 Å². The van der Waals surface area contributed by atoms with Crippen molar-refractivity contribution in [2.75, 3.05) is 4.72 Å². The number of nitrogens with zero attached hydrogens (tertiary/aromatic N) is 1. The van der Waals surface area contributed by atoms with Gasteiger partial charge in [-0.15, -0.1) is 0 Å². The second-order valence-electron chi connectivity index (χ2n) is 3.50. The van der Waals surface area contributed by atoms with Crippen LogP contribution in [0.15, 0.2) is 28.6 Å². The number of rotatable bonds is 3. The van der Waals surface area contributed by atoms with Crippen molar-refractivity contribution in [2.45, 2.75) is 11.1 Å². The molecule has 1 N–H and O–H groups in total. The molecule has 2 aromatic rings. The van der Waals surface area contributed by atoms with E-state index in [1.54, 1.807) is 6.92 Å². The van der Waals surface area contributed by atoms with Gasteiger partial charge in [-0.1, -0.05) is 29.0 Å². The summed E-state index contributed by atoms with van der Waals surface area (Å²) in [5, 5.41) is 0. The first-order chi connectivity index (χ1) is 8.38. The summed E-state index contributed by atoms with van der Waals surface area (Å²) >= 11 is 6.42. The van der Waals surface area contributed by atoms with Crippen molar-refractivity contribution in [3.05, 3.63) is 40.2 Å². The van der Waals surface area contributed by atoms with Gasteiger partial charge in [0, 0.05) is 0 Å². The van der Waals surface area contributed by atoms with Crippen LogP contribution in [0.5, 0.6) is 0 Å². The zero-order valence-electron chi connectivity index (χ0n) is 9.15. The number of aryl methyl sites for hydroxylation is 1. The first kappa shape index (κ1) is 13.3. The van der Waals surface area contributed by atoms with Crippen molar-refractivity contribution >= 4 is 38.6 Å². The maximum absolute atomic E-state index is 13.1. The predicted molar refractivity (Wildman–Crippen MR) is 69.1 cm³/mol. The zero-order chi connectivity index (χ0) is 13.3. The summed E-state index contributed by atoms with van der Waals surface area (Å²) in [6.45, 7) is 1.68. The van der Waals surface area contributed by atoms with Gasteiger partial charge in [-0.3, -0.25) is 4.72 Å². The summed E-state index contributed by atoms with van der Waals surface area (Å²) in [5.41, 5.74) is 0.815. The molecule has 1 aromatic heterocycles. The number of hydrogen-bond donors (Lipinski definition) is 1. The molecule has 2 rings (SSSR count). The van der Waals surface area contributed by atoms with Crippen LogP contribution in [0.2, 0.25) is 4.47 Å². The van der Waals surface area contributed by atoms with Crippen LogP contribution in [0.1, 0.15) is 5.56 Å². The van der Waals surface area contributed by atoms with Crippen molar-refractivity contribution in [3.63, 3.8) is 0 Å². The molecule has 0 fully saturated rings. The van der Waals surface area contributed by atoms with Crippen molar-refractivity contribution in [1.29, 1.82) is 0 Å². The van der Waals surface area contributed by atoms with E-state index in [1.807, 2.05) is 0 Å². The fraction of sp³-hybridized carbons (Fsp3) is 0.100. The Bertz CT molecular complexity index is 685. The molecule has 0 aliphatic rings. The number of anilines is 1. The van der Waals surface area contributed by atoms with Crippen LogP contribution in [0.25, 0.3) is 0 Å². The Morgan fingerprint density at radius 1 is 1.44 bits per heavy atom. The number of benzene rings is 1. The summed E-state index contributed by atoms with van der Waals surface area (Å²) < 4.78 is 39.4. The van der Waals surface area contributed by atoms with E-state index < -0.39 is 15.8 Å². The van der Waals surface area contributed by atoms with E-state index in [1.165, 1.54) is 12.1 Å². The van der Waals surface area contributed by atoms with Gasteiger partial charge in [0.15, 0.2) is 8.68 Å². The van der Waals surface area contributed by atoms with Gasteiger partial charge in [-0.05, 0) is 24.6 Å². The molecule has 0 spiro atoms. The highest BCUT2D eigenvalue weighted by Gasteiger charge is 2.18.